The largest absolute Gasteiger partial charge is 0.420 e. The Morgan fingerprint density at radius 1 is 1.14 bits per heavy atom. The highest BCUT2D eigenvalue weighted by molar-refractivity contribution is 6.31. The molecule has 190 valence electrons. The minimum absolute atomic E-state index is 0.0197. The van der Waals surface area contributed by atoms with Crippen LogP contribution >= 0.6 is 11.6 Å². The Morgan fingerprint density at radius 3 is 2.56 bits per heavy atom. The molecule has 1 atom stereocenters. The van der Waals surface area contributed by atoms with Crippen LogP contribution in [0.15, 0.2) is 28.8 Å². The number of nitrogen functional groups attached to an aromatic ring is 1. The number of nitrogens with zero attached hydrogens (tertiary/aromatic N) is 7. The first-order chi connectivity index (χ1) is 17.3. The standard InChI is InChI=1S/C25H31ClN8O2/c1-15-14-33(23-16(2)29-22(13-28-23)24-31-30-17(3)36-24)10-11-34(15)19-6-8-32(9-7-19)25(35)20-5-4-18(26)12-21(20)27/h4-5,12-13,15,19H,6-11,14,27H2,1-3H3. The van der Waals surface area contributed by atoms with E-state index in [0.29, 0.717) is 45.8 Å². The van der Waals surface area contributed by atoms with Crippen molar-refractivity contribution in [1.29, 1.82) is 0 Å². The summed E-state index contributed by atoms with van der Waals surface area (Å²) in [4.78, 5) is 29.1. The number of halogens is 1. The topological polar surface area (TPSA) is 118 Å². The molecule has 2 N–H and O–H groups in total. The van der Waals surface area contributed by atoms with Crippen LogP contribution in [0.3, 0.4) is 0 Å². The Hall–Kier alpha value is -3.24. The summed E-state index contributed by atoms with van der Waals surface area (Å²) in [6, 6.07) is 5.87. The molecule has 2 saturated heterocycles. The minimum atomic E-state index is -0.0197. The zero-order valence-electron chi connectivity index (χ0n) is 20.8. The van der Waals surface area contributed by atoms with Gasteiger partial charge in [-0.3, -0.25) is 9.69 Å². The molecular formula is C25H31ClN8O2. The number of amides is 1. The summed E-state index contributed by atoms with van der Waals surface area (Å²) in [6.07, 6.45) is 3.59. The van der Waals surface area contributed by atoms with Gasteiger partial charge in [-0.1, -0.05) is 11.6 Å². The van der Waals surface area contributed by atoms with Crippen LogP contribution in [0.1, 0.15) is 41.7 Å². The van der Waals surface area contributed by atoms with Gasteiger partial charge in [0, 0.05) is 62.4 Å². The number of aryl methyl sites for hydroxylation is 2. The highest BCUT2D eigenvalue weighted by Gasteiger charge is 2.34. The molecule has 4 heterocycles. The molecule has 11 heteroatoms. The first-order valence-corrected chi connectivity index (χ1v) is 12.7. The van der Waals surface area contributed by atoms with E-state index in [9.17, 15) is 4.79 Å². The number of likely N-dealkylation sites (tertiary alicyclic amines) is 1. The lowest BCUT2D eigenvalue weighted by atomic mass is 9.99. The molecule has 2 fully saturated rings. The van der Waals surface area contributed by atoms with Crippen LogP contribution in [0.25, 0.3) is 11.6 Å². The van der Waals surface area contributed by atoms with Crippen molar-refractivity contribution in [1.82, 2.24) is 30.0 Å². The van der Waals surface area contributed by atoms with Crippen LogP contribution in [0.4, 0.5) is 11.5 Å². The maximum absolute atomic E-state index is 13.0. The van der Waals surface area contributed by atoms with Crippen molar-refractivity contribution in [3.05, 3.63) is 46.6 Å². The summed E-state index contributed by atoms with van der Waals surface area (Å²) >= 11 is 5.99. The minimum Gasteiger partial charge on any atom is -0.420 e. The molecule has 0 radical (unpaired) electrons. The quantitative estimate of drug-likeness (QED) is 0.528. The summed E-state index contributed by atoms with van der Waals surface area (Å²) in [5, 5.41) is 8.45. The Morgan fingerprint density at radius 2 is 1.92 bits per heavy atom. The van der Waals surface area contributed by atoms with E-state index in [1.54, 1.807) is 31.3 Å². The third kappa shape index (κ3) is 4.87. The number of piperidine rings is 1. The molecule has 10 nitrogen and oxygen atoms in total. The molecule has 0 spiro atoms. The number of piperazine rings is 1. The molecule has 2 aromatic heterocycles. The zero-order valence-corrected chi connectivity index (χ0v) is 21.6. The maximum Gasteiger partial charge on any atom is 0.267 e. The van der Waals surface area contributed by atoms with Crippen LogP contribution < -0.4 is 10.6 Å². The van der Waals surface area contributed by atoms with E-state index in [-0.39, 0.29) is 5.91 Å². The number of hydrogen-bond acceptors (Lipinski definition) is 9. The molecule has 2 aliphatic heterocycles. The second-order valence-corrected chi connectivity index (χ2v) is 10.0. The van der Waals surface area contributed by atoms with E-state index < -0.39 is 0 Å². The average molecular weight is 511 g/mol. The number of rotatable bonds is 4. The van der Waals surface area contributed by atoms with Gasteiger partial charge in [0.25, 0.3) is 11.8 Å². The molecule has 5 rings (SSSR count). The third-order valence-electron chi connectivity index (χ3n) is 7.11. The number of carbonyl (C=O) groups excluding carboxylic acids is 1. The molecule has 1 aromatic carbocycles. The Labute approximate surface area is 215 Å². The normalized spacial score (nSPS) is 19.6. The van der Waals surface area contributed by atoms with Gasteiger partial charge in [-0.05, 0) is 44.9 Å². The molecule has 0 saturated carbocycles. The third-order valence-corrected chi connectivity index (χ3v) is 7.34. The Balaban J connectivity index is 1.18. The fraction of sp³-hybridized carbons (Fsp3) is 0.480. The number of carbonyl (C=O) groups is 1. The van der Waals surface area contributed by atoms with E-state index in [1.807, 2.05) is 11.8 Å². The van der Waals surface area contributed by atoms with Gasteiger partial charge in [0.15, 0.2) is 0 Å². The number of hydrogen-bond donors (Lipinski definition) is 1. The monoisotopic (exact) mass is 510 g/mol. The van der Waals surface area contributed by atoms with Gasteiger partial charge in [-0.25, -0.2) is 9.97 Å². The number of aromatic nitrogens is 4. The number of nitrogens with two attached hydrogens (primary N) is 1. The van der Waals surface area contributed by atoms with Gasteiger partial charge < -0.3 is 20.0 Å². The molecule has 0 bridgehead atoms. The molecular weight excluding hydrogens is 480 g/mol. The van der Waals surface area contributed by atoms with Crippen molar-refractivity contribution in [2.75, 3.05) is 43.4 Å². The lowest BCUT2D eigenvalue weighted by Gasteiger charge is -2.46. The van der Waals surface area contributed by atoms with Gasteiger partial charge in [-0.15, -0.1) is 10.2 Å². The second-order valence-electron chi connectivity index (χ2n) is 9.58. The first kappa shape index (κ1) is 24.5. The van der Waals surface area contributed by atoms with Gasteiger partial charge in [0.2, 0.25) is 5.89 Å². The van der Waals surface area contributed by atoms with Crippen LogP contribution in [-0.4, -0.2) is 80.7 Å². The van der Waals surface area contributed by atoms with Gasteiger partial charge in [0.05, 0.1) is 17.5 Å². The highest BCUT2D eigenvalue weighted by atomic mass is 35.5. The van der Waals surface area contributed by atoms with Gasteiger partial charge >= 0.3 is 0 Å². The molecule has 1 unspecified atom stereocenters. The van der Waals surface area contributed by atoms with Crippen molar-refractivity contribution >= 4 is 29.0 Å². The summed E-state index contributed by atoms with van der Waals surface area (Å²) in [5.41, 5.74) is 8.42. The number of anilines is 2. The summed E-state index contributed by atoms with van der Waals surface area (Å²) in [7, 11) is 0. The van der Waals surface area contributed by atoms with E-state index in [1.165, 1.54) is 0 Å². The lowest BCUT2D eigenvalue weighted by molar-refractivity contribution is 0.0526. The molecule has 1 amide bonds. The highest BCUT2D eigenvalue weighted by Crippen LogP contribution is 2.27. The zero-order chi connectivity index (χ0) is 25.4. The van der Waals surface area contributed by atoms with Gasteiger partial charge in [0.1, 0.15) is 11.5 Å². The average Bonchev–Trinajstić information content (AvgIpc) is 3.30. The van der Waals surface area contributed by atoms with E-state index in [2.05, 4.69) is 36.9 Å². The summed E-state index contributed by atoms with van der Waals surface area (Å²) < 4.78 is 5.49. The number of benzene rings is 1. The second kappa shape index (κ2) is 10.0. The maximum atomic E-state index is 13.0. The van der Waals surface area contributed by atoms with E-state index in [4.69, 9.17) is 21.8 Å². The fourth-order valence-electron chi connectivity index (χ4n) is 5.29. The molecule has 2 aliphatic rings. The molecule has 3 aromatic rings. The van der Waals surface area contributed by atoms with Crippen LogP contribution in [0.2, 0.25) is 5.02 Å². The van der Waals surface area contributed by atoms with Crippen LogP contribution in [0, 0.1) is 13.8 Å². The Kier molecular flexibility index (Phi) is 6.81. The van der Waals surface area contributed by atoms with E-state index in [0.717, 1.165) is 57.1 Å². The molecule has 36 heavy (non-hydrogen) atoms. The van der Waals surface area contributed by atoms with Crippen molar-refractivity contribution in [3.63, 3.8) is 0 Å². The first-order valence-electron chi connectivity index (χ1n) is 12.3. The predicted octanol–water partition coefficient (Wildman–Crippen LogP) is 3.19. The fourth-order valence-corrected chi connectivity index (χ4v) is 5.48. The van der Waals surface area contributed by atoms with Crippen LogP contribution in [0.5, 0.6) is 0 Å². The van der Waals surface area contributed by atoms with Crippen molar-refractivity contribution in [2.45, 2.75) is 45.7 Å². The SMILES string of the molecule is Cc1nnc(-c2cnc(N3CCN(C4CCN(C(=O)c5ccc(Cl)cc5N)CC4)C(C)C3)c(C)n2)o1. The van der Waals surface area contributed by atoms with E-state index >= 15 is 0 Å². The predicted molar refractivity (Wildman–Crippen MR) is 138 cm³/mol. The lowest BCUT2D eigenvalue weighted by Crippen LogP contribution is -2.58. The summed E-state index contributed by atoms with van der Waals surface area (Å²) in [5.74, 6) is 1.76. The van der Waals surface area contributed by atoms with Gasteiger partial charge in [-0.2, -0.15) is 0 Å². The van der Waals surface area contributed by atoms with Crippen molar-refractivity contribution < 1.29 is 9.21 Å². The van der Waals surface area contributed by atoms with Crippen LogP contribution in [-0.2, 0) is 0 Å². The van der Waals surface area contributed by atoms with Crippen molar-refractivity contribution in [3.8, 4) is 11.6 Å². The molecule has 0 aliphatic carbocycles. The summed E-state index contributed by atoms with van der Waals surface area (Å²) in [6.45, 7) is 10.1. The van der Waals surface area contributed by atoms with Crippen molar-refractivity contribution in [2.24, 2.45) is 0 Å². The smallest absolute Gasteiger partial charge is 0.267 e. The Bertz CT molecular complexity index is 1260.